The number of nitrogens with two attached hydrogens (primary N) is 1. The van der Waals surface area contributed by atoms with Crippen LogP contribution >= 0.6 is 0 Å². The maximum Gasteiger partial charge on any atom is 1.00 e. The van der Waals surface area contributed by atoms with Gasteiger partial charge in [0.15, 0.2) is 0 Å². The summed E-state index contributed by atoms with van der Waals surface area (Å²) in [6, 6.07) is 0. The summed E-state index contributed by atoms with van der Waals surface area (Å²) in [5, 5.41) is 0. The van der Waals surface area contributed by atoms with E-state index in [4.69, 9.17) is 5.73 Å². The van der Waals surface area contributed by atoms with E-state index in [2.05, 4.69) is 6.08 Å². The van der Waals surface area contributed by atoms with Crippen molar-refractivity contribution in [3.63, 3.8) is 0 Å². The second-order valence-electron chi connectivity index (χ2n) is 1.67. The summed E-state index contributed by atoms with van der Waals surface area (Å²) < 4.78 is 0. The van der Waals surface area contributed by atoms with Crippen LogP contribution in [-0.2, 0) is 0 Å². The van der Waals surface area contributed by atoms with Crippen LogP contribution < -0.4 is 24.6 Å². The molecule has 2 N–H and O–H groups in total. The summed E-state index contributed by atoms with van der Waals surface area (Å²) in [6.45, 7) is 1.97. The van der Waals surface area contributed by atoms with Gasteiger partial charge in [0, 0.05) is 0 Å². The second kappa shape index (κ2) is 3.01. The molecule has 0 unspecified atom stereocenters. The smallest absolute Gasteiger partial charge is 0.475 e. The predicted molar refractivity (Wildman–Crippen MR) is 29.3 cm³/mol. The molecule has 0 amide bonds. The minimum Gasteiger partial charge on any atom is -0.475 e. The molecule has 0 aromatic carbocycles. The largest absolute Gasteiger partial charge is 1.00 e. The van der Waals surface area contributed by atoms with Crippen LogP contribution in [0.3, 0.4) is 0 Å². The van der Waals surface area contributed by atoms with Crippen LogP contribution in [0.25, 0.3) is 0 Å². The fourth-order valence-corrected chi connectivity index (χ4v) is 0.569. The molecule has 1 aliphatic carbocycles. The minimum absolute atomic E-state index is 0. The Morgan fingerprint density at radius 2 is 2.38 bits per heavy atom. The van der Waals surface area contributed by atoms with Gasteiger partial charge in [-0.1, -0.05) is 6.92 Å². The van der Waals surface area contributed by atoms with Crippen LogP contribution in [0, 0.1) is 6.08 Å². The summed E-state index contributed by atoms with van der Waals surface area (Å²) in [7, 11) is 0. The molecule has 0 spiro atoms. The maximum atomic E-state index is 5.44. The van der Waals surface area contributed by atoms with E-state index in [1.807, 2.05) is 13.0 Å². The van der Waals surface area contributed by atoms with Gasteiger partial charge in [0.25, 0.3) is 0 Å². The van der Waals surface area contributed by atoms with Crippen molar-refractivity contribution in [2.75, 3.05) is 0 Å². The van der Waals surface area contributed by atoms with Gasteiger partial charge in [0.1, 0.15) is 0 Å². The molecular weight excluding hydrogens is 93.0 g/mol. The monoisotopic (exact) mass is 101 g/mol. The van der Waals surface area contributed by atoms with Gasteiger partial charge >= 0.3 is 18.9 Å². The third kappa shape index (κ3) is 1.43. The van der Waals surface area contributed by atoms with Gasteiger partial charge in [-0.05, 0) is 0 Å². The number of hydrogen-bond donors (Lipinski definition) is 1. The summed E-state index contributed by atoms with van der Waals surface area (Å²) in [5.41, 5.74) is 7.43. The molecule has 2 heteroatoms. The zero-order valence-electron chi connectivity index (χ0n) is 5.36. The van der Waals surface area contributed by atoms with Crippen molar-refractivity contribution in [3.8, 4) is 0 Å². The van der Waals surface area contributed by atoms with E-state index in [1.54, 1.807) is 0 Å². The van der Waals surface area contributed by atoms with Crippen molar-refractivity contribution in [2.45, 2.75) is 13.3 Å². The van der Waals surface area contributed by atoms with Crippen molar-refractivity contribution < 1.29 is 18.9 Å². The van der Waals surface area contributed by atoms with Gasteiger partial charge in [-0.25, -0.2) is 5.57 Å². The molecule has 0 fully saturated rings. The Hall–Kier alpha value is -0.123. The Kier molecular flexibility index (Phi) is 2.97. The van der Waals surface area contributed by atoms with Crippen LogP contribution in [0.15, 0.2) is 17.3 Å². The molecule has 0 saturated heterocycles. The van der Waals surface area contributed by atoms with Crippen LogP contribution in [0.1, 0.15) is 13.3 Å². The molecule has 0 saturated carbocycles. The topological polar surface area (TPSA) is 26.0 Å². The van der Waals surface area contributed by atoms with Crippen LogP contribution in [0.2, 0.25) is 0 Å². The van der Waals surface area contributed by atoms with Crippen molar-refractivity contribution >= 4 is 0 Å². The number of allylic oxidation sites excluding steroid dienone is 3. The third-order valence-electron chi connectivity index (χ3n) is 1.12. The average Bonchev–Trinajstić information content (AvgIpc) is 1.91. The van der Waals surface area contributed by atoms with E-state index in [-0.39, 0.29) is 18.9 Å². The van der Waals surface area contributed by atoms with Crippen LogP contribution in [0.5, 0.6) is 0 Å². The molecule has 0 bridgehead atoms. The standard InChI is InChI=1S/C6H8N.Li/c1-5-3-2-4-6(5)7;/h4H,2,7H2,1H3;/q-1;+1. The summed E-state index contributed by atoms with van der Waals surface area (Å²) >= 11 is 0. The van der Waals surface area contributed by atoms with Crippen molar-refractivity contribution in [1.82, 2.24) is 0 Å². The molecule has 1 nitrogen and oxygen atoms in total. The van der Waals surface area contributed by atoms with Gasteiger partial charge in [0.05, 0.1) is 0 Å². The molecule has 1 rings (SSSR count). The van der Waals surface area contributed by atoms with Gasteiger partial charge in [-0.15, -0.1) is 12.1 Å². The quantitative estimate of drug-likeness (QED) is 0.277. The summed E-state index contributed by atoms with van der Waals surface area (Å²) in [5.74, 6) is 0. The first-order chi connectivity index (χ1) is 3.30. The Morgan fingerprint density at radius 3 is 2.50 bits per heavy atom. The fourth-order valence-electron chi connectivity index (χ4n) is 0.569. The fraction of sp³-hybridized carbons (Fsp3) is 0.333. The Morgan fingerprint density at radius 1 is 1.75 bits per heavy atom. The van der Waals surface area contributed by atoms with Crippen LogP contribution in [0.4, 0.5) is 0 Å². The first-order valence-electron chi connectivity index (χ1n) is 2.34. The van der Waals surface area contributed by atoms with E-state index >= 15 is 0 Å². The molecule has 0 heterocycles. The molecular formula is C6H8LiN. The number of rotatable bonds is 0. The Bertz CT molecular complexity index is 119. The second-order valence-corrected chi connectivity index (χ2v) is 1.67. The number of hydrogen-bond acceptors (Lipinski definition) is 1. The molecule has 0 atom stereocenters. The summed E-state index contributed by atoms with van der Waals surface area (Å²) in [6.07, 6.45) is 5.94. The van der Waals surface area contributed by atoms with E-state index in [0.29, 0.717) is 0 Å². The van der Waals surface area contributed by atoms with Crippen LogP contribution in [-0.4, -0.2) is 0 Å². The van der Waals surface area contributed by atoms with Gasteiger partial charge in [0.2, 0.25) is 0 Å². The third-order valence-corrected chi connectivity index (χ3v) is 1.12. The minimum atomic E-state index is 0. The van der Waals surface area contributed by atoms with Gasteiger partial charge in [-0.2, -0.15) is 6.08 Å². The van der Waals surface area contributed by atoms with Gasteiger partial charge < -0.3 is 5.73 Å². The molecule has 0 radical (unpaired) electrons. The molecule has 8 heavy (non-hydrogen) atoms. The van der Waals surface area contributed by atoms with Gasteiger partial charge in [-0.3, -0.25) is 6.08 Å². The average molecular weight is 101 g/mol. The molecule has 0 aromatic rings. The molecule has 0 aromatic heterocycles. The maximum absolute atomic E-state index is 5.44. The zero-order chi connectivity index (χ0) is 5.28. The Balaban J connectivity index is 0.000000490. The van der Waals surface area contributed by atoms with Crippen molar-refractivity contribution in [3.05, 3.63) is 23.4 Å². The predicted octanol–water partition coefficient (Wildman–Crippen LogP) is -2.01. The first-order valence-corrected chi connectivity index (χ1v) is 2.34. The van der Waals surface area contributed by atoms with E-state index in [1.165, 1.54) is 0 Å². The zero-order valence-corrected chi connectivity index (χ0v) is 5.36. The molecule has 0 aliphatic heterocycles. The van der Waals surface area contributed by atoms with E-state index in [0.717, 1.165) is 17.7 Å². The van der Waals surface area contributed by atoms with Crippen molar-refractivity contribution in [1.29, 1.82) is 0 Å². The normalized spacial score (nSPS) is 16.6. The first kappa shape index (κ1) is 7.88. The Labute approximate surface area is 61.8 Å². The summed E-state index contributed by atoms with van der Waals surface area (Å²) in [4.78, 5) is 0. The SMILES string of the molecule is CC1=[C-]CC=C1N.[Li+]. The van der Waals surface area contributed by atoms with E-state index in [9.17, 15) is 0 Å². The molecule has 1 aliphatic rings. The van der Waals surface area contributed by atoms with E-state index < -0.39 is 0 Å². The molecule has 38 valence electrons. The van der Waals surface area contributed by atoms with Crippen molar-refractivity contribution in [2.24, 2.45) is 5.73 Å².